The van der Waals surface area contributed by atoms with Gasteiger partial charge >= 0.3 is 5.97 Å². The van der Waals surface area contributed by atoms with E-state index in [1.807, 2.05) is 55.1 Å². The standard InChI is InChI=1S/C27H42N6O3/c1-6-7-8-14-29-26-23(20(2)30-27(28)31-26)13-10-15-33(24(34)19-32(3)4)18-22-12-9-11-21(16-22)17-25(35)36-5/h9,11-12,16H,6-8,10,13-15,17-19H2,1-5H3,(H3,28,29,30,31). The van der Waals surface area contributed by atoms with Crippen LogP contribution in [0.2, 0.25) is 0 Å². The van der Waals surface area contributed by atoms with Crippen molar-refractivity contribution >= 4 is 23.6 Å². The van der Waals surface area contributed by atoms with E-state index in [-0.39, 0.29) is 24.2 Å². The molecule has 198 valence electrons. The molecule has 0 saturated carbocycles. The molecule has 0 aliphatic rings. The average Bonchev–Trinajstić information content (AvgIpc) is 2.82. The van der Waals surface area contributed by atoms with Crippen molar-refractivity contribution in [1.82, 2.24) is 19.8 Å². The average molecular weight is 499 g/mol. The minimum Gasteiger partial charge on any atom is -0.469 e. The number of rotatable bonds is 15. The maximum absolute atomic E-state index is 13.0. The van der Waals surface area contributed by atoms with Crippen LogP contribution in [0.15, 0.2) is 24.3 Å². The Morgan fingerprint density at radius 1 is 1.11 bits per heavy atom. The maximum Gasteiger partial charge on any atom is 0.309 e. The predicted molar refractivity (Wildman–Crippen MR) is 144 cm³/mol. The Hall–Kier alpha value is -3.20. The van der Waals surface area contributed by atoms with Gasteiger partial charge in [-0.2, -0.15) is 4.98 Å². The van der Waals surface area contributed by atoms with E-state index in [2.05, 4.69) is 22.2 Å². The van der Waals surface area contributed by atoms with Crippen LogP contribution in [0.1, 0.15) is 55.0 Å². The number of nitrogens with zero attached hydrogens (tertiary/aromatic N) is 4. The Labute approximate surface area is 215 Å². The van der Waals surface area contributed by atoms with E-state index in [1.54, 1.807) is 0 Å². The van der Waals surface area contributed by atoms with E-state index >= 15 is 0 Å². The molecule has 9 heteroatoms. The first-order valence-corrected chi connectivity index (χ1v) is 12.7. The number of aryl methyl sites for hydroxylation is 1. The van der Waals surface area contributed by atoms with Crippen LogP contribution in [0.25, 0.3) is 0 Å². The SMILES string of the molecule is CCCCCNc1nc(N)nc(C)c1CCCN(Cc1cccc(CC(=O)OC)c1)C(=O)CN(C)C. The van der Waals surface area contributed by atoms with Crippen LogP contribution in [0.5, 0.6) is 0 Å². The molecule has 1 aromatic carbocycles. The smallest absolute Gasteiger partial charge is 0.309 e. The van der Waals surface area contributed by atoms with Gasteiger partial charge in [-0.1, -0.05) is 44.0 Å². The molecule has 1 aromatic heterocycles. The van der Waals surface area contributed by atoms with Crippen molar-refractivity contribution in [3.05, 3.63) is 46.6 Å². The number of ether oxygens (including phenoxy) is 1. The van der Waals surface area contributed by atoms with Gasteiger partial charge in [0.05, 0.1) is 20.1 Å². The Bertz CT molecular complexity index is 995. The third-order valence-corrected chi connectivity index (χ3v) is 5.90. The fourth-order valence-corrected chi connectivity index (χ4v) is 4.05. The molecule has 1 amide bonds. The lowest BCUT2D eigenvalue weighted by molar-refractivity contribution is -0.139. The number of carbonyl (C=O) groups excluding carboxylic acids is 2. The van der Waals surface area contributed by atoms with Crippen molar-refractivity contribution in [2.24, 2.45) is 0 Å². The van der Waals surface area contributed by atoms with Gasteiger partial charge in [-0.15, -0.1) is 0 Å². The van der Waals surface area contributed by atoms with E-state index in [1.165, 1.54) is 7.11 Å². The van der Waals surface area contributed by atoms with Crippen LogP contribution < -0.4 is 11.1 Å². The first kappa shape index (κ1) is 29.0. The number of unbranched alkanes of at least 4 members (excludes halogenated alkanes) is 2. The monoisotopic (exact) mass is 498 g/mol. The van der Waals surface area contributed by atoms with Crippen molar-refractivity contribution < 1.29 is 14.3 Å². The number of benzene rings is 1. The zero-order chi connectivity index (χ0) is 26.5. The molecule has 3 N–H and O–H groups in total. The minimum atomic E-state index is -0.284. The van der Waals surface area contributed by atoms with Gasteiger partial charge < -0.3 is 25.6 Å². The first-order chi connectivity index (χ1) is 17.2. The minimum absolute atomic E-state index is 0.0570. The zero-order valence-electron chi connectivity index (χ0n) is 22.5. The Morgan fingerprint density at radius 2 is 1.86 bits per heavy atom. The molecule has 0 fully saturated rings. The number of esters is 1. The van der Waals surface area contributed by atoms with Crippen LogP contribution in [-0.4, -0.2) is 72.5 Å². The van der Waals surface area contributed by atoms with Gasteiger partial charge in [-0.3, -0.25) is 9.59 Å². The Morgan fingerprint density at radius 3 is 2.56 bits per heavy atom. The summed E-state index contributed by atoms with van der Waals surface area (Å²) in [5.41, 5.74) is 9.66. The molecule has 0 spiro atoms. The summed E-state index contributed by atoms with van der Waals surface area (Å²) in [6.45, 7) is 6.36. The topological polar surface area (TPSA) is 114 Å². The molecular weight excluding hydrogens is 456 g/mol. The van der Waals surface area contributed by atoms with Gasteiger partial charge in [0, 0.05) is 30.9 Å². The summed E-state index contributed by atoms with van der Waals surface area (Å²) in [7, 11) is 5.16. The Kier molecular flexibility index (Phi) is 12.1. The Balaban J connectivity index is 2.12. The second-order valence-corrected chi connectivity index (χ2v) is 9.36. The first-order valence-electron chi connectivity index (χ1n) is 12.7. The van der Waals surface area contributed by atoms with E-state index in [0.29, 0.717) is 19.6 Å². The number of hydrogen-bond acceptors (Lipinski definition) is 8. The molecule has 0 bridgehead atoms. The van der Waals surface area contributed by atoms with Gasteiger partial charge in [-0.05, 0) is 51.4 Å². The number of aromatic nitrogens is 2. The number of nitrogens with two attached hydrogens (primary N) is 1. The summed E-state index contributed by atoms with van der Waals surface area (Å²) < 4.78 is 4.78. The van der Waals surface area contributed by atoms with Gasteiger partial charge in [0.15, 0.2) is 0 Å². The largest absolute Gasteiger partial charge is 0.469 e. The van der Waals surface area contributed by atoms with E-state index < -0.39 is 0 Å². The number of methoxy groups -OCH3 is 1. The summed E-state index contributed by atoms with van der Waals surface area (Å²) >= 11 is 0. The van der Waals surface area contributed by atoms with Gasteiger partial charge in [0.2, 0.25) is 11.9 Å². The lowest BCUT2D eigenvalue weighted by Gasteiger charge is -2.25. The number of nitrogens with one attached hydrogen (secondary N) is 1. The normalized spacial score (nSPS) is 10.9. The number of likely N-dealkylation sites (N-methyl/N-ethyl adjacent to an activating group) is 1. The highest BCUT2D eigenvalue weighted by Crippen LogP contribution is 2.20. The van der Waals surface area contributed by atoms with Crippen LogP contribution in [0, 0.1) is 6.92 Å². The van der Waals surface area contributed by atoms with Gasteiger partial charge in [0.1, 0.15) is 5.82 Å². The summed E-state index contributed by atoms with van der Waals surface area (Å²) in [6.07, 6.45) is 5.09. The van der Waals surface area contributed by atoms with E-state index in [0.717, 1.165) is 66.9 Å². The molecular formula is C27H42N6O3. The van der Waals surface area contributed by atoms with Crippen LogP contribution in [-0.2, 0) is 33.7 Å². The third-order valence-electron chi connectivity index (χ3n) is 5.90. The number of hydrogen-bond donors (Lipinski definition) is 2. The highest BCUT2D eigenvalue weighted by molar-refractivity contribution is 5.78. The molecule has 0 aliphatic heterocycles. The fraction of sp³-hybridized carbons (Fsp3) is 0.556. The molecule has 9 nitrogen and oxygen atoms in total. The van der Waals surface area contributed by atoms with E-state index in [4.69, 9.17) is 10.5 Å². The van der Waals surface area contributed by atoms with E-state index in [9.17, 15) is 9.59 Å². The molecule has 0 saturated heterocycles. The van der Waals surface area contributed by atoms with Crippen molar-refractivity contribution in [2.75, 3.05) is 51.9 Å². The number of amides is 1. The molecule has 0 atom stereocenters. The third kappa shape index (κ3) is 9.81. The highest BCUT2D eigenvalue weighted by atomic mass is 16.5. The number of nitrogen functional groups attached to an aromatic ring is 1. The van der Waals surface area contributed by atoms with Crippen LogP contribution >= 0.6 is 0 Å². The van der Waals surface area contributed by atoms with Crippen molar-refractivity contribution in [3.63, 3.8) is 0 Å². The maximum atomic E-state index is 13.0. The number of anilines is 2. The molecule has 2 aromatic rings. The molecule has 0 unspecified atom stereocenters. The van der Waals surface area contributed by atoms with Gasteiger partial charge in [0.25, 0.3) is 0 Å². The summed E-state index contributed by atoms with van der Waals surface area (Å²) in [5, 5.41) is 3.43. The molecule has 36 heavy (non-hydrogen) atoms. The molecule has 1 heterocycles. The van der Waals surface area contributed by atoms with Crippen LogP contribution in [0.4, 0.5) is 11.8 Å². The van der Waals surface area contributed by atoms with Gasteiger partial charge in [-0.25, -0.2) is 4.98 Å². The van der Waals surface area contributed by atoms with Crippen molar-refractivity contribution in [1.29, 1.82) is 0 Å². The molecule has 0 aliphatic carbocycles. The second-order valence-electron chi connectivity index (χ2n) is 9.36. The number of carbonyl (C=O) groups is 2. The predicted octanol–water partition coefficient (Wildman–Crippen LogP) is 3.21. The highest BCUT2D eigenvalue weighted by Gasteiger charge is 2.17. The fourth-order valence-electron chi connectivity index (χ4n) is 4.05. The van der Waals surface area contributed by atoms with Crippen molar-refractivity contribution in [2.45, 2.75) is 58.9 Å². The zero-order valence-corrected chi connectivity index (χ0v) is 22.5. The van der Waals surface area contributed by atoms with Crippen molar-refractivity contribution in [3.8, 4) is 0 Å². The second kappa shape index (κ2) is 15.0. The lowest BCUT2D eigenvalue weighted by Crippen LogP contribution is -2.38. The lowest BCUT2D eigenvalue weighted by atomic mass is 10.1. The van der Waals surface area contributed by atoms with Crippen LogP contribution in [0.3, 0.4) is 0 Å². The summed E-state index contributed by atoms with van der Waals surface area (Å²) in [5.74, 6) is 0.830. The molecule has 0 radical (unpaired) electrons. The quantitative estimate of drug-likeness (QED) is 0.284. The molecule has 2 rings (SSSR count). The summed E-state index contributed by atoms with van der Waals surface area (Å²) in [6, 6.07) is 7.75. The summed E-state index contributed by atoms with van der Waals surface area (Å²) in [4.78, 5) is 37.3.